The maximum absolute atomic E-state index is 11.9. The summed E-state index contributed by atoms with van der Waals surface area (Å²) in [5, 5.41) is 17.3. The molecule has 0 saturated carbocycles. The molecular weight excluding hydrogens is 336 g/mol. The molecule has 1 unspecified atom stereocenters. The van der Waals surface area contributed by atoms with Crippen LogP contribution in [0.1, 0.15) is 22.1 Å². The van der Waals surface area contributed by atoms with Gasteiger partial charge in [-0.2, -0.15) is 0 Å². The molecule has 1 aromatic heterocycles. The van der Waals surface area contributed by atoms with Gasteiger partial charge in [-0.25, -0.2) is 0 Å². The van der Waals surface area contributed by atoms with Crippen molar-refractivity contribution in [3.8, 4) is 0 Å². The second-order valence-electron chi connectivity index (χ2n) is 5.11. The van der Waals surface area contributed by atoms with E-state index in [9.17, 15) is 14.7 Å². The van der Waals surface area contributed by atoms with Gasteiger partial charge in [0, 0.05) is 22.1 Å². The summed E-state index contributed by atoms with van der Waals surface area (Å²) in [5.41, 5.74) is 2.23. The number of thiophene rings is 1. The van der Waals surface area contributed by atoms with Crippen molar-refractivity contribution in [2.45, 2.75) is 20.0 Å². The Morgan fingerprint density at radius 2 is 1.96 bits per heavy atom. The third kappa shape index (κ3) is 4.54. The molecular formula is C16H17ClN2O3S. The third-order valence-electron chi connectivity index (χ3n) is 3.31. The van der Waals surface area contributed by atoms with E-state index in [1.165, 1.54) is 11.3 Å². The first-order chi connectivity index (χ1) is 10.9. The lowest BCUT2D eigenvalue weighted by molar-refractivity contribution is -0.136. The topological polar surface area (TPSA) is 78.4 Å². The van der Waals surface area contributed by atoms with Crippen LogP contribution in [0.5, 0.6) is 0 Å². The molecule has 0 bridgehead atoms. The van der Waals surface area contributed by atoms with Crippen molar-refractivity contribution < 1.29 is 14.7 Å². The lowest BCUT2D eigenvalue weighted by atomic mass is 10.2. The van der Waals surface area contributed by atoms with Crippen LogP contribution in [0, 0.1) is 13.8 Å². The summed E-state index contributed by atoms with van der Waals surface area (Å²) in [6, 6.07) is 6.91. The van der Waals surface area contributed by atoms with Crippen molar-refractivity contribution in [1.29, 1.82) is 0 Å². The molecule has 122 valence electrons. The predicted octanol–water partition coefficient (Wildman–Crippen LogP) is 2.81. The molecule has 2 rings (SSSR count). The molecule has 0 saturated heterocycles. The SMILES string of the molecule is Cc1ccc(Cl)cc1NC(=O)C(=O)NCC(O)c1sccc1C. The average Bonchev–Trinajstić information content (AvgIpc) is 2.94. The molecule has 0 aliphatic rings. The molecule has 1 aromatic carbocycles. The van der Waals surface area contributed by atoms with Crippen molar-refractivity contribution in [1.82, 2.24) is 5.32 Å². The van der Waals surface area contributed by atoms with Gasteiger partial charge in [-0.15, -0.1) is 11.3 Å². The molecule has 2 amide bonds. The zero-order valence-electron chi connectivity index (χ0n) is 12.7. The van der Waals surface area contributed by atoms with E-state index in [0.29, 0.717) is 10.7 Å². The number of hydrogen-bond donors (Lipinski definition) is 3. The number of nitrogens with one attached hydrogen (secondary N) is 2. The minimum Gasteiger partial charge on any atom is -0.386 e. The zero-order chi connectivity index (χ0) is 17.0. The number of carbonyl (C=O) groups is 2. The van der Waals surface area contributed by atoms with E-state index in [1.54, 1.807) is 25.1 Å². The quantitative estimate of drug-likeness (QED) is 0.740. The maximum Gasteiger partial charge on any atom is 0.313 e. The summed E-state index contributed by atoms with van der Waals surface area (Å²) in [4.78, 5) is 24.5. The highest BCUT2D eigenvalue weighted by atomic mass is 35.5. The minimum absolute atomic E-state index is 0.0257. The van der Waals surface area contributed by atoms with Gasteiger partial charge in [-0.05, 0) is 48.6 Å². The van der Waals surface area contributed by atoms with Crippen molar-refractivity contribution in [2.75, 3.05) is 11.9 Å². The van der Waals surface area contributed by atoms with E-state index in [2.05, 4.69) is 10.6 Å². The van der Waals surface area contributed by atoms with E-state index in [4.69, 9.17) is 11.6 Å². The Hall–Kier alpha value is -1.89. The standard InChI is InChI=1S/C16H17ClN2O3S/c1-9-3-4-11(17)7-12(9)19-16(22)15(21)18-8-13(20)14-10(2)5-6-23-14/h3-7,13,20H,8H2,1-2H3,(H,18,21)(H,19,22). The third-order valence-corrected chi connectivity index (χ3v) is 4.67. The highest BCUT2D eigenvalue weighted by Crippen LogP contribution is 2.23. The Morgan fingerprint density at radius 3 is 2.61 bits per heavy atom. The summed E-state index contributed by atoms with van der Waals surface area (Å²) in [6.07, 6.45) is -0.834. The zero-order valence-corrected chi connectivity index (χ0v) is 14.3. The summed E-state index contributed by atoms with van der Waals surface area (Å²) in [5.74, 6) is -1.61. The van der Waals surface area contributed by atoms with Crippen molar-refractivity contribution in [2.24, 2.45) is 0 Å². The van der Waals surface area contributed by atoms with Crippen LogP contribution in [0.25, 0.3) is 0 Å². The fourth-order valence-electron chi connectivity index (χ4n) is 2.00. The van der Waals surface area contributed by atoms with Gasteiger partial charge in [0.05, 0.1) is 0 Å². The minimum atomic E-state index is -0.834. The van der Waals surface area contributed by atoms with Gasteiger partial charge >= 0.3 is 11.8 Å². The van der Waals surface area contributed by atoms with Gasteiger partial charge in [-0.3, -0.25) is 9.59 Å². The fourth-order valence-corrected chi connectivity index (χ4v) is 3.08. The lowest BCUT2D eigenvalue weighted by Crippen LogP contribution is -2.37. The largest absolute Gasteiger partial charge is 0.386 e. The van der Waals surface area contributed by atoms with E-state index in [1.807, 2.05) is 18.4 Å². The number of rotatable bonds is 4. The molecule has 1 atom stereocenters. The van der Waals surface area contributed by atoms with Crippen LogP contribution in [0.4, 0.5) is 5.69 Å². The summed E-state index contributed by atoms with van der Waals surface area (Å²) in [6.45, 7) is 3.65. The molecule has 7 heteroatoms. The fraction of sp³-hybridized carbons (Fsp3) is 0.250. The van der Waals surface area contributed by atoms with Gasteiger partial charge in [0.15, 0.2) is 0 Å². The van der Waals surface area contributed by atoms with Gasteiger partial charge in [0.2, 0.25) is 0 Å². The molecule has 3 N–H and O–H groups in total. The Kier molecular flexibility index (Phi) is 5.76. The monoisotopic (exact) mass is 352 g/mol. The Bertz CT molecular complexity index is 730. The van der Waals surface area contributed by atoms with Crippen LogP contribution in [0.15, 0.2) is 29.6 Å². The molecule has 0 aliphatic heterocycles. The van der Waals surface area contributed by atoms with E-state index < -0.39 is 17.9 Å². The molecule has 0 spiro atoms. The van der Waals surface area contributed by atoms with Crippen LogP contribution in [-0.4, -0.2) is 23.5 Å². The number of aliphatic hydroxyl groups excluding tert-OH is 1. The highest BCUT2D eigenvalue weighted by Gasteiger charge is 2.18. The summed E-state index contributed by atoms with van der Waals surface area (Å²) >= 11 is 7.28. The normalized spacial score (nSPS) is 11.8. The number of hydrogen-bond acceptors (Lipinski definition) is 4. The average molecular weight is 353 g/mol. The maximum atomic E-state index is 11.9. The molecule has 2 aromatic rings. The first-order valence-electron chi connectivity index (χ1n) is 6.96. The molecule has 23 heavy (non-hydrogen) atoms. The summed E-state index contributed by atoms with van der Waals surface area (Å²) < 4.78 is 0. The highest BCUT2D eigenvalue weighted by molar-refractivity contribution is 7.10. The molecule has 1 heterocycles. The number of anilines is 1. The van der Waals surface area contributed by atoms with Gasteiger partial charge < -0.3 is 15.7 Å². The van der Waals surface area contributed by atoms with Gasteiger partial charge in [0.25, 0.3) is 0 Å². The first kappa shape index (κ1) is 17.5. The molecule has 5 nitrogen and oxygen atoms in total. The first-order valence-corrected chi connectivity index (χ1v) is 8.21. The van der Waals surface area contributed by atoms with Crippen molar-refractivity contribution in [3.05, 3.63) is 50.7 Å². The van der Waals surface area contributed by atoms with Gasteiger partial charge in [-0.1, -0.05) is 17.7 Å². The number of benzene rings is 1. The number of aryl methyl sites for hydroxylation is 2. The van der Waals surface area contributed by atoms with Crippen LogP contribution in [-0.2, 0) is 9.59 Å². The Morgan fingerprint density at radius 1 is 1.22 bits per heavy atom. The second kappa shape index (κ2) is 7.59. The molecule has 0 fully saturated rings. The van der Waals surface area contributed by atoms with Crippen LogP contribution < -0.4 is 10.6 Å². The number of amides is 2. The van der Waals surface area contributed by atoms with Crippen LogP contribution in [0.2, 0.25) is 5.02 Å². The molecule has 0 radical (unpaired) electrons. The summed E-state index contributed by atoms with van der Waals surface area (Å²) in [7, 11) is 0. The second-order valence-corrected chi connectivity index (χ2v) is 6.49. The van der Waals surface area contributed by atoms with E-state index in [-0.39, 0.29) is 6.54 Å². The molecule has 0 aliphatic carbocycles. The Labute approximate surface area is 143 Å². The smallest absolute Gasteiger partial charge is 0.313 e. The Balaban J connectivity index is 1.91. The van der Waals surface area contributed by atoms with E-state index >= 15 is 0 Å². The van der Waals surface area contributed by atoms with Gasteiger partial charge in [0.1, 0.15) is 6.10 Å². The number of carbonyl (C=O) groups excluding carboxylic acids is 2. The van der Waals surface area contributed by atoms with Crippen LogP contribution >= 0.6 is 22.9 Å². The number of halogens is 1. The van der Waals surface area contributed by atoms with E-state index in [0.717, 1.165) is 16.0 Å². The van der Waals surface area contributed by atoms with Crippen molar-refractivity contribution >= 4 is 40.4 Å². The van der Waals surface area contributed by atoms with Crippen LogP contribution in [0.3, 0.4) is 0 Å². The lowest BCUT2D eigenvalue weighted by Gasteiger charge is -2.12. The van der Waals surface area contributed by atoms with Crippen molar-refractivity contribution in [3.63, 3.8) is 0 Å². The predicted molar refractivity (Wildman–Crippen MR) is 91.8 cm³/mol. The number of aliphatic hydroxyl groups is 1.